The zero-order chi connectivity index (χ0) is 14.7. The van der Waals surface area contributed by atoms with Crippen molar-refractivity contribution in [3.05, 3.63) is 35.5 Å². The van der Waals surface area contributed by atoms with Gasteiger partial charge in [0.05, 0.1) is 5.69 Å². The third-order valence-corrected chi connectivity index (χ3v) is 4.23. The SMILES string of the molecule is CCCNCc1c(-n2ccnc2CCC)nc2sccn12. The van der Waals surface area contributed by atoms with E-state index in [4.69, 9.17) is 4.98 Å². The average molecular weight is 303 g/mol. The summed E-state index contributed by atoms with van der Waals surface area (Å²) in [6.07, 6.45) is 9.16. The van der Waals surface area contributed by atoms with Crippen molar-refractivity contribution >= 4 is 16.3 Å². The maximum absolute atomic E-state index is 4.80. The van der Waals surface area contributed by atoms with Crippen molar-refractivity contribution in [3.8, 4) is 5.82 Å². The number of fused-ring (bicyclic) bond motifs is 1. The fourth-order valence-corrected chi connectivity index (χ4v) is 3.23. The molecule has 0 aliphatic carbocycles. The molecule has 5 nitrogen and oxygen atoms in total. The van der Waals surface area contributed by atoms with Crippen LogP contribution in [0.15, 0.2) is 24.0 Å². The normalized spacial score (nSPS) is 11.5. The van der Waals surface area contributed by atoms with E-state index in [2.05, 4.69) is 44.7 Å². The Labute approximate surface area is 128 Å². The van der Waals surface area contributed by atoms with Gasteiger partial charge in [-0.25, -0.2) is 9.97 Å². The highest BCUT2D eigenvalue weighted by molar-refractivity contribution is 7.15. The van der Waals surface area contributed by atoms with Crippen LogP contribution in [-0.4, -0.2) is 25.5 Å². The molecule has 3 aromatic heterocycles. The van der Waals surface area contributed by atoms with Gasteiger partial charge in [-0.3, -0.25) is 8.97 Å². The Bertz CT molecular complexity index is 709. The van der Waals surface area contributed by atoms with Crippen molar-refractivity contribution in [2.75, 3.05) is 6.54 Å². The fraction of sp³-hybridized carbons (Fsp3) is 0.467. The molecule has 0 atom stereocenters. The quantitative estimate of drug-likeness (QED) is 0.682. The van der Waals surface area contributed by atoms with E-state index >= 15 is 0 Å². The van der Waals surface area contributed by atoms with Gasteiger partial charge in [0.15, 0.2) is 10.8 Å². The molecule has 0 amide bonds. The summed E-state index contributed by atoms with van der Waals surface area (Å²) in [5, 5.41) is 5.56. The summed E-state index contributed by atoms with van der Waals surface area (Å²) in [7, 11) is 0. The zero-order valence-electron chi connectivity index (χ0n) is 12.5. The van der Waals surface area contributed by atoms with Crippen molar-refractivity contribution in [1.82, 2.24) is 24.3 Å². The van der Waals surface area contributed by atoms with Crippen LogP contribution in [0.2, 0.25) is 0 Å². The number of nitrogens with one attached hydrogen (secondary N) is 1. The molecule has 0 aliphatic heterocycles. The number of aryl methyl sites for hydroxylation is 1. The summed E-state index contributed by atoms with van der Waals surface area (Å²) in [4.78, 5) is 10.3. The minimum Gasteiger partial charge on any atom is -0.311 e. The molecule has 3 aromatic rings. The number of imidazole rings is 2. The number of rotatable bonds is 7. The van der Waals surface area contributed by atoms with Crippen LogP contribution in [0.25, 0.3) is 10.8 Å². The van der Waals surface area contributed by atoms with Crippen LogP contribution in [0.4, 0.5) is 0 Å². The summed E-state index contributed by atoms with van der Waals surface area (Å²) >= 11 is 1.67. The molecule has 3 rings (SSSR count). The van der Waals surface area contributed by atoms with Gasteiger partial charge in [0.1, 0.15) is 5.82 Å². The number of thiazole rings is 1. The number of aromatic nitrogens is 4. The second kappa shape index (κ2) is 6.41. The summed E-state index contributed by atoms with van der Waals surface area (Å²) in [5.74, 6) is 2.09. The highest BCUT2D eigenvalue weighted by atomic mass is 32.1. The van der Waals surface area contributed by atoms with E-state index in [1.807, 2.05) is 12.4 Å². The Kier molecular flexibility index (Phi) is 4.36. The Balaban J connectivity index is 2.02. The smallest absolute Gasteiger partial charge is 0.195 e. The lowest BCUT2D eigenvalue weighted by molar-refractivity contribution is 0.656. The molecule has 21 heavy (non-hydrogen) atoms. The first kappa shape index (κ1) is 14.3. The van der Waals surface area contributed by atoms with Crippen molar-refractivity contribution in [1.29, 1.82) is 0 Å². The van der Waals surface area contributed by atoms with Crippen LogP contribution >= 0.6 is 11.3 Å². The first-order valence-electron chi connectivity index (χ1n) is 7.52. The van der Waals surface area contributed by atoms with Crippen molar-refractivity contribution in [2.45, 2.75) is 39.7 Å². The van der Waals surface area contributed by atoms with E-state index < -0.39 is 0 Å². The Morgan fingerprint density at radius 2 is 2.14 bits per heavy atom. The van der Waals surface area contributed by atoms with Crippen LogP contribution < -0.4 is 5.32 Å². The van der Waals surface area contributed by atoms with Crippen molar-refractivity contribution in [2.24, 2.45) is 0 Å². The van der Waals surface area contributed by atoms with E-state index in [-0.39, 0.29) is 0 Å². The fourth-order valence-electron chi connectivity index (χ4n) is 2.50. The molecular weight excluding hydrogens is 282 g/mol. The second-order valence-corrected chi connectivity index (χ2v) is 5.95. The highest BCUT2D eigenvalue weighted by Gasteiger charge is 2.16. The van der Waals surface area contributed by atoms with Crippen LogP contribution in [0.3, 0.4) is 0 Å². The average Bonchev–Trinajstić information content (AvgIpc) is 3.15. The molecule has 0 aliphatic rings. The number of nitrogens with zero attached hydrogens (tertiary/aromatic N) is 4. The van der Waals surface area contributed by atoms with Crippen LogP contribution in [0.1, 0.15) is 38.2 Å². The lowest BCUT2D eigenvalue weighted by Crippen LogP contribution is -2.17. The van der Waals surface area contributed by atoms with Gasteiger partial charge in [-0.2, -0.15) is 0 Å². The van der Waals surface area contributed by atoms with Gasteiger partial charge in [-0.15, -0.1) is 11.3 Å². The van der Waals surface area contributed by atoms with Crippen LogP contribution in [-0.2, 0) is 13.0 Å². The topological polar surface area (TPSA) is 47.2 Å². The third-order valence-electron chi connectivity index (χ3n) is 3.48. The Hall–Kier alpha value is -1.66. The van der Waals surface area contributed by atoms with Gasteiger partial charge in [-0.1, -0.05) is 13.8 Å². The first-order chi connectivity index (χ1) is 10.3. The van der Waals surface area contributed by atoms with Gasteiger partial charge in [-0.05, 0) is 19.4 Å². The first-order valence-corrected chi connectivity index (χ1v) is 8.40. The monoisotopic (exact) mass is 303 g/mol. The van der Waals surface area contributed by atoms with Gasteiger partial charge in [0.25, 0.3) is 0 Å². The van der Waals surface area contributed by atoms with Gasteiger partial charge in [0.2, 0.25) is 0 Å². The molecule has 3 heterocycles. The molecule has 1 N–H and O–H groups in total. The highest BCUT2D eigenvalue weighted by Crippen LogP contribution is 2.22. The van der Waals surface area contributed by atoms with Crippen molar-refractivity contribution < 1.29 is 0 Å². The molecule has 0 unspecified atom stereocenters. The van der Waals surface area contributed by atoms with E-state index in [0.29, 0.717) is 0 Å². The summed E-state index contributed by atoms with van der Waals surface area (Å²) in [6.45, 7) is 6.20. The largest absolute Gasteiger partial charge is 0.311 e. The van der Waals surface area contributed by atoms with Crippen LogP contribution in [0, 0.1) is 0 Å². The lowest BCUT2D eigenvalue weighted by atomic mass is 10.3. The molecule has 0 aromatic carbocycles. The van der Waals surface area contributed by atoms with E-state index in [9.17, 15) is 0 Å². The molecule has 0 spiro atoms. The maximum atomic E-state index is 4.80. The third kappa shape index (κ3) is 2.73. The van der Waals surface area contributed by atoms with Crippen LogP contribution in [0.5, 0.6) is 0 Å². The Morgan fingerprint density at radius 3 is 2.95 bits per heavy atom. The molecular formula is C15H21N5S. The molecule has 6 heteroatoms. The van der Waals surface area contributed by atoms with Gasteiger partial charge < -0.3 is 5.32 Å². The second-order valence-electron chi connectivity index (χ2n) is 5.08. The lowest BCUT2D eigenvalue weighted by Gasteiger charge is -2.08. The minimum absolute atomic E-state index is 0.824. The predicted molar refractivity (Wildman–Crippen MR) is 86.2 cm³/mol. The minimum atomic E-state index is 0.824. The number of hydrogen-bond acceptors (Lipinski definition) is 4. The molecule has 0 fully saturated rings. The van der Waals surface area contributed by atoms with Gasteiger partial charge >= 0.3 is 0 Å². The number of hydrogen-bond donors (Lipinski definition) is 1. The van der Waals surface area contributed by atoms with E-state index in [1.165, 1.54) is 5.69 Å². The zero-order valence-corrected chi connectivity index (χ0v) is 13.4. The summed E-state index contributed by atoms with van der Waals surface area (Å²) in [6, 6.07) is 0. The van der Waals surface area contributed by atoms with E-state index in [0.717, 1.165) is 49.0 Å². The summed E-state index contributed by atoms with van der Waals surface area (Å²) in [5.41, 5.74) is 1.20. The molecule has 0 saturated carbocycles. The Morgan fingerprint density at radius 1 is 1.24 bits per heavy atom. The molecule has 0 radical (unpaired) electrons. The molecule has 0 saturated heterocycles. The maximum Gasteiger partial charge on any atom is 0.195 e. The molecule has 112 valence electrons. The molecule has 0 bridgehead atoms. The predicted octanol–water partition coefficient (Wildman–Crippen LogP) is 3.03. The van der Waals surface area contributed by atoms with Gasteiger partial charge in [0, 0.05) is 36.9 Å². The summed E-state index contributed by atoms with van der Waals surface area (Å²) < 4.78 is 4.31. The van der Waals surface area contributed by atoms with E-state index in [1.54, 1.807) is 11.3 Å². The standard InChI is InChI=1S/C15H21N5S/c1-3-5-13-17-7-8-20(13)14-12(11-16-6-4-2)19-9-10-21-15(19)18-14/h7-10,16H,3-6,11H2,1-2H3. The van der Waals surface area contributed by atoms with Crippen molar-refractivity contribution in [3.63, 3.8) is 0 Å².